The molecule has 264 valence electrons. The van der Waals surface area contributed by atoms with Gasteiger partial charge in [-0.25, -0.2) is 0 Å². The van der Waals surface area contributed by atoms with Gasteiger partial charge in [0.15, 0.2) is 5.71 Å². The van der Waals surface area contributed by atoms with Crippen molar-refractivity contribution >= 4 is 59.7 Å². The molecular weight excluding hydrogens is 692 g/mol. The molecule has 3 aromatic rings. The lowest BCUT2D eigenvalue weighted by atomic mass is 9.80. The second-order valence-electron chi connectivity index (χ2n) is 14.3. The molecule has 0 aromatic heterocycles. The van der Waals surface area contributed by atoms with Crippen LogP contribution in [0, 0.1) is 0 Å². The van der Waals surface area contributed by atoms with Gasteiger partial charge in [-0.2, -0.15) is 21.4 Å². The standard InChI is InChI=1S/C39H43ClN2O6S2/c1-6-41-33-20-15-28-25-29(50(46,47)48)18-19-30(28)36(33)39(4,5)35(41)22-17-27-12-9-11-26(37(27)40)16-21-34-38(2,3)31-13-7-8-14-32(31)42(34)23-10-24-49(43,44)45/h7-8,13-22,25H,6,9-12,23-24H2,1-5H3,(H-,43,44,45,46,47,48)/p+1. The first-order chi connectivity index (χ1) is 23.4. The molecule has 3 aromatic carbocycles. The van der Waals surface area contributed by atoms with Gasteiger partial charge in [-0.3, -0.25) is 9.11 Å². The topological polar surface area (TPSA) is 115 Å². The summed E-state index contributed by atoms with van der Waals surface area (Å²) in [5.41, 5.74) is 7.92. The Bertz CT molecular complexity index is 2280. The molecule has 0 amide bonds. The van der Waals surface area contributed by atoms with Crippen molar-refractivity contribution in [2.24, 2.45) is 0 Å². The normalized spacial score (nSPS) is 20.5. The maximum atomic E-state index is 11.8. The highest BCUT2D eigenvalue weighted by molar-refractivity contribution is 7.86. The maximum Gasteiger partial charge on any atom is 0.294 e. The van der Waals surface area contributed by atoms with Gasteiger partial charge in [0.2, 0.25) is 5.69 Å². The summed E-state index contributed by atoms with van der Waals surface area (Å²) in [4.78, 5) is 2.16. The third kappa shape index (κ3) is 6.64. The smallest absolute Gasteiger partial charge is 0.294 e. The Balaban J connectivity index is 1.35. The Morgan fingerprint density at radius 3 is 2.36 bits per heavy atom. The first kappa shape index (κ1) is 36.3. The zero-order valence-electron chi connectivity index (χ0n) is 29.1. The molecule has 2 heterocycles. The summed E-state index contributed by atoms with van der Waals surface area (Å²) < 4.78 is 67.7. The molecule has 2 N–H and O–H groups in total. The molecular formula is C39H44ClN2O6S2+. The van der Waals surface area contributed by atoms with Crippen molar-refractivity contribution in [1.29, 1.82) is 0 Å². The average molecular weight is 736 g/mol. The van der Waals surface area contributed by atoms with E-state index in [-0.39, 0.29) is 16.1 Å². The Morgan fingerprint density at radius 2 is 1.66 bits per heavy atom. The second-order valence-corrected chi connectivity index (χ2v) is 17.6. The van der Waals surface area contributed by atoms with Crippen molar-refractivity contribution < 1.29 is 30.5 Å². The summed E-state index contributed by atoms with van der Waals surface area (Å²) in [5.74, 6) is -0.299. The van der Waals surface area contributed by atoms with E-state index in [0.717, 1.165) is 86.7 Å². The fourth-order valence-corrected chi connectivity index (χ4v) is 9.25. The van der Waals surface area contributed by atoms with Crippen LogP contribution in [0.1, 0.15) is 71.4 Å². The summed E-state index contributed by atoms with van der Waals surface area (Å²) in [6.45, 7) is 12.0. The molecule has 0 fully saturated rings. The second kappa shape index (κ2) is 13.2. The van der Waals surface area contributed by atoms with Crippen molar-refractivity contribution in [3.8, 4) is 0 Å². The highest BCUT2D eigenvalue weighted by Crippen LogP contribution is 2.51. The van der Waals surface area contributed by atoms with Crippen LogP contribution in [0.2, 0.25) is 0 Å². The van der Waals surface area contributed by atoms with Crippen LogP contribution in [-0.2, 0) is 31.1 Å². The molecule has 2 aliphatic heterocycles. The van der Waals surface area contributed by atoms with Crippen LogP contribution >= 0.6 is 11.6 Å². The largest absolute Gasteiger partial charge is 0.344 e. The lowest BCUT2D eigenvalue weighted by molar-refractivity contribution is -0.437. The predicted octanol–water partition coefficient (Wildman–Crippen LogP) is 8.60. The monoisotopic (exact) mass is 735 g/mol. The van der Waals surface area contributed by atoms with Gasteiger partial charge in [-0.05, 0) is 91.8 Å². The molecule has 0 saturated heterocycles. The molecule has 0 atom stereocenters. The highest BCUT2D eigenvalue weighted by atomic mass is 35.5. The number of rotatable bonds is 9. The third-order valence-electron chi connectivity index (χ3n) is 10.4. The zero-order valence-corrected chi connectivity index (χ0v) is 31.5. The quantitative estimate of drug-likeness (QED) is 0.167. The maximum absolute atomic E-state index is 11.8. The summed E-state index contributed by atoms with van der Waals surface area (Å²) >= 11 is 7.14. The molecule has 1 aliphatic carbocycles. The van der Waals surface area contributed by atoms with Gasteiger partial charge in [0.1, 0.15) is 6.54 Å². The Labute approximate surface area is 300 Å². The molecule has 0 unspecified atom stereocenters. The Morgan fingerprint density at radius 1 is 0.920 bits per heavy atom. The number of benzene rings is 3. The van der Waals surface area contributed by atoms with Crippen molar-refractivity contribution in [2.75, 3.05) is 23.7 Å². The minimum Gasteiger partial charge on any atom is -0.344 e. The van der Waals surface area contributed by atoms with Crippen LogP contribution in [-0.4, -0.2) is 55.1 Å². The Kier molecular flexibility index (Phi) is 9.58. The third-order valence-corrected chi connectivity index (χ3v) is 12.5. The fourth-order valence-electron chi connectivity index (χ4n) is 7.93. The molecule has 0 radical (unpaired) electrons. The van der Waals surface area contributed by atoms with Gasteiger partial charge in [-0.1, -0.05) is 67.9 Å². The van der Waals surface area contributed by atoms with Crippen molar-refractivity contribution in [3.05, 3.63) is 112 Å². The molecule has 0 saturated carbocycles. The number of allylic oxidation sites excluding steroid dienone is 8. The van der Waals surface area contributed by atoms with Gasteiger partial charge in [0.05, 0.1) is 16.1 Å². The first-order valence-electron chi connectivity index (χ1n) is 17.0. The summed E-state index contributed by atoms with van der Waals surface area (Å²) in [6, 6.07) is 16.8. The van der Waals surface area contributed by atoms with Crippen LogP contribution in [0.3, 0.4) is 0 Å². The molecule has 8 nitrogen and oxygen atoms in total. The average Bonchev–Trinajstić information content (AvgIpc) is 3.40. The van der Waals surface area contributed by atoms with Crippen LogP contribution in [0.25, 0.3) is 10.8 Å². The predicted molar refractivity (Wildman–Crippen MR) is 202 cm³/mol. The van der Waals surface area contributed by atoms with E-state index >= 15 is 0 Å². The first-order valence-corrected chi connectivity index (χ1v) is 20.4. The number of nitrogens with zero attached hydrogens (tertiary/aromatic N) is 2. The lowest BCUT2D eigenvalue weighted by Crippen LogP contribution is -2.28. The van der Waals surface area contributed by atoms with Crippen LogP contribution in [0.15, 0.2) is 106 Å². The van der Waals surface area contributed by atoms with Crippen molar-refractivity contribution in [3.63, 3.8) is 0 Å². The summed E-state index contributed by atoms with van der Waals surface area (Å²) in [6.07, 6.45) is 11.4. The fraction of sp³-hybridized carbons (Fsp3) is 0.359. The van der Waals surface area contributed by atoms with Crippen LogP contribution < -0.4 is 4.90 Å². The van der Waals surface area contributed by atoms with Gasteiger partial charge in [0, 0.05) is 52.5 Å². The molecule has 3 aliphatic rings. The van der Waals surface area contributed by atoms with E-state index in [2.05, 4.69) is 80.5 Å². The number of hydrogen-bond donors (Lipinski definition) is 2. The minimum absolute atomic E-state index is 0.124. The molecule has 6 rings (SSSR count). The number of halogens is 1. The zero-order chi connectivity index (χ0) is 36.2. The van der Waals surface area contributed by atoms with Crippen molar-refractivity contribution in [1.82, 2.24) is 0 Å². The number of para-hydroxylation sites is 1. The van der Waals surface area contributed by atoms with E-state index in [1.54, 1.807) is 6.07 Å². The summed E-state index contributed by atoms with van der Waals surface area (Å²) in [5, 5.41) is 2.43. The van der Waals surface area contributed by atoms with E-state index in [0.29, 0.717) is 13.0 Å². The highest BCUT2D eigenvalue weighted by Gasteiger charge is 2.44. The van der Waals surface area contributed by atoms with Gasteiger partial charge in [0.25, 0.3) is 20.2 Å². The molecule has 11 heteroatoms. The van der Waals surface area contributed by atoms with Gasteiger partial charge >= 0.3 is 0 Å². The van der Waals surface area contributed by atoms with E-state index in [9.17, 15) is 25.9 Å². The molecule has 0 spiro atoms. The van der Waals surface area contributed by atoms with E-state index < -0.39 is 25.7 Å². The number of anilines is 1. The van der Waals surface area contributed by atoms with E-state index in [1.807, 2.05) is 24.3 Å². The SMILES string of the molecule is CCN1/C(=C\C=C2/CCCC(/C=C/C3=[N+](CCCS(=O)(=O)O)c4ccccc4C3(C)C)=C2Cl)C(C)(C)c2c1ccc1cc(S(=O)(=O)O)ccc21. The summed E-state index contributed by atoms with van der Waals surface area (Å²) in [7, 11) is -8.38. The van der Waals surface area contributed by atoms with Crippen molar-refractivity contribution in [2.45, 2.75) is 76.0 Å². The minimum atomic E-state index is -4.32. The van der Waals surface area contributed by atoms with Crippen LogP contribution in [0.4, 0.5) is 11.4 Å². The number of fused-ring (bicyclic) bond motifs is 4. The Hall–Kier alpha value is -3.54. The molecule has 0 bridgehead atoms. The van der Waals surface area contributed by atoms with Gasteiger partial charge < -0.3 is 4.90 Å². The van der Waals surface area contributed by atoms with E-state index in [1.165, 1.54) is 12.1 Å². The molecule has 50 heavy (non-hydrogen) atoms. The van der Waals surface area contributed by atoms with Crippen LogP contribution in [0.5, 0.6) is 0 Å². The number of hydrogen-bond acceptors (Lipinski definition) is 5. The number of likely N-dealkylation sites (N-methyl/N-ethyl adjacent to an activating group) is 1. The lowest BCUT2D eigenvalue weighted by Gasteiger charge is -2.26. The van der Waals surface area contributed by atoms with E-state index in [4.69, 9.17) is 11.6 Å². The van der Waals surface area contributed by atoms with Gasteiger partial charge in [-0.15, -0.1) is 0 Å².